The molecule has 29 heavy (non-hydrogen) atoms. The van der Waals surface area contributed by atoms with Crippen molar-refractivity contribution in [2.24, 2.45) is 0 Å². The summed E-state index contributed by atoms with van der Waals surface area (Å²) < 4.78 is 19.9. The van der Waals surface area contributed by atoms with Gasteiger partial charge in [-0.3, -0.25) is 9.59 Å². The Morgan fingerprint density at radius 3 is 2.48 bits per heavy atom. The molecule has 1 heterocycles. The van der Waals surface area contributed by atoms with Gasteiger partial charge in [-0.2, -0.15) is 0 Å². The Hall–Kier alpha value is -3.15. The molecule has 1 saturated heterocycles. The highest BCUT2D eigenvalue weighted by atomic mass is 19.1. The molecule has 2 aromatic carbocycles. The number of methoxy groups -OCH3 is 1. The van der Waals surface area contributed by atoms with E-state index in [1.807, 2.05) is 6.92 Å². The van der Waals surface area contributed by atoms with Gasteiger partial charge in [-0.05, 0) is 24.6 Å². The Labute approximate surface area is 169 Å². The normalized spacial score (nSPS) is 18.3. The van der Waals surface area contributed by atoms with Crippen LogP contribution in [0.15, 0.2) is 54.1 Å². The Morgan fingerprint density at radius 1 is 1.10 bits per heavy atom. The van der Waals surface area contributed by atoms with Crippen molar-refractivity contribution in [1.82, 2.24) is 4.90 Å². The van der Waals surface area contributed by atoms with Crippen molar-refractivity contribution < 1.29 is 23.8 Å². The maximum atomic E-state index is 14.7. The van der Waals surface area contributed by atoms with E-state index in [-0.39, 0.29) is 22.5 Å². The van der Waals surface area contributed by atoms with Gasteiger partial charge in [-0.1, -0.05) is 50.1 Å². The molecule has 5 nitrogen and oxygen atoms in total. The van der Waals surface area contributed by atoms with E-state index in [9.17, 15) is 19.1 Å². The summed E-state index contributed by atoms with van der Waals surface area (Å²) >= 11 is 0. The highest BCUT2D eigenvalue weighted by Gasteiger charge is 2.46. The zero-order valence-electron chi connectivity index (χ0n) is 16.5. The van der Waals surface area contributed by atoms with Gasteiger partial charge in [0, 0.05) is 12.1 Å². The molecule has 6 heteroatoms. The number of ketones is 1. The number of aliphatic hydroxyl groups is 1. The molecule has 1 fully saturated rings. The van der Waals surface area contributed by atoms with Crippen molar-refractivity contribution in [3.63, 3.8) is 0 Å². The summed E-state index contributed by atoms with van der Waals surface area (Å²) in [4.78, 5) is 27.0. The van der Waals surface area contributed by atoms with E-state index < -0.39 is 23.5 Å². The lowest BCUT2D eigenvalue weighted by Gasteiger charge is -2.25. The fraction of sp³-hybridized carbons (Fsp3) is 0.304. The molecule has 1 aliphatic heterocycles. The molecule has 0 bridgehead atoms. The number of para-hydroxylation sites is 1. The van der Waals surface area contributed by atoms with Crippen LogP contribution in [0.1, 0.15) is 43.4 Å². The maximum absolute atomic E-state index is 14.7. The number of hydrogen-bond donors (Lipinski definition) is 1. The van der Waals surface area contributed by atoms with Crippen LogP contribution in [0.2, 0.25) is 0 Å². The SMILES string of the molecule is CCCCCN1C(=O)C(=O)/C(=C(\O)c2ccccc2OC)C1c1ccccc1F. The summed E-state index contributed by atoms with van der Waals surface area (Å²) in [6, 6.07) is 11.7. The Kier molecular flexibility index (Phi) is 6.32. The molecule has 0 radical (unpaired) electrons. The van der Waals surface area contributed by atoms with Crippen molar-refractivity contribution in [3.8, 4) is 5.75 Å². The zero-order valence-corrected chi connectivity index (χ0v) is 16.5. The van der Waals surface area contributed by atoms with Gasteiger partial charge < -0.3 is 14.7 Å². The predicted octanol–water partition coefficient (Wildman–Crippen LogP) is 4.45. The molecule has 0 aliphatic carbocycles. The van der Waals surface area contributed by atoms with E-state index in [1.54, 1.807) is 36.4 Å². The first kappa shape index (κ1) is 20.6. The minimum atomic E-state index is -0.988. The van der Waals surface area contributed by atoms with Gasteiger partial charge in [-0.25, -0.2) is 4.39 Å². The Bertz CT molecular complexity index is 953. The number of benzene rings is 2. The third kappa shape index (κ3) is 3.88. The molecule has 0 spiro atoms. The summed E-state index contributed by atoms with van der Waals surface area (Å²) in [5.41, 5.74) is 0.337. The lowest BCUT2D eigenvalue weighted by molar-refractivity contribution is -0.139. The van der Waals surface area contributed by atoms with Crippen LogP contribution in [0.5, 0.6) is 5.75 Å². The van der Waals surface area contributed by atoms with Gasteiger partial charge in [-0.15, -0.1) is 0 Å². The van der Waals surface area contributed by atoms with Gasteiger partial charge in [0.15, 0.2) is 0 Å². The minimum Gasteiger partial charge on any atom is -0.507 e. The minimum absolute atomic E-state index is 0.124. The fourth-order valence-corrected chi connectivity index (χ4v) is 3.65. The first-order chi connectivity index (χ1) is 14.0. The molecule has 1 atom stereocenters. The lowest BCUT2D eigenvalue weighted by atomic mass is 9.94. The molecular weight excluding hydrogens is 373 g/mol. The highest BCUT2D eigenvalue weighted by molar-refractivity contribution is 6.46. The predicted molar refractivity (Wildman–Crippen MR) is 108 cm³/mol. The molecule has 0 saturated carbocycles. The molecular formula is C23H24FNO4. The third-order valence-electron chi connectivity index (χ3n) is 5.10. The summed E-state index contributed by atoms with van der Waals surface area (Å²) in [5, 5.41) is 11.0. The summed E-state index contributed by atoms with van der Waals surface area (Å²) in [5.74, 6) is -2.10. The lowest BCUT2D eigenvalue weighted by Crippen LogP contribution is -2.31. The van der Waals surface area contributed by atoms with Crippen molar-refractivity contribution >= 4 is 17.4 Å². The van der Waals surface area contributed by atoms with Crippen LogP contribution >= 0.6 is 0 Å². The largest absolute Gasteiger partial charge is 0.507 e. The maximum Gasteiger partial charge on any atom is 0.295 e. The van der Waals surface area contributed by atoms with Gasteiger partial charge in [0.1, 0.15) is 17.3 Å². The second-order valence-corrected chi connectivity index (χ2v) is 6.92. The first-order valence-corrected chi connectivity index (χ1v) is 9.67. The van der Waals surface area contributed by atoms with Crippen LogP contribution in [0.3, 0.4) is 0 Å². The van der Waals surface area contributed by atoms with Gasteiger partial charge in [0.2, 0.25) is 0 Å². The van der Waals surface area contributed by atoms with Crippen LogP contribution in [0.25, 0.3) is 5.76 Å². The van der Waals surface area contributed by atoms with Crippen LogP contribution in [0.4, 0.5) is 4.39 Å². The Balaban J connectivity index is 2.18. The number of hydrogen-bond acceptors (Lipinski definition) is 4. The van der Waals surface area contributed by atoms with Crippen LogP contribution < -0.4 is 4.74 Å². The van der Waals surface area contributed by atoms with Crippen molar-refractivity contribution in [2.75, 3.05) is 13.7 Å². The number of unbranched alkanes of at least 4 members (excludes halogenated alkanes) is 2. The number of rotatable bonds is 7. The molecule has 1 unspecified atom stereocenters. The fourth-order valence-electron chi connectivity index (χ4n) is 3.65. The van der Waals surface area contributed by atoms with Crippen LogP contribution in [-0.2, 0) is 9.59 Å². The van der Waals surface area contributed by atoms with Crippen molar-refractivity contribution in [2.45, 2.75) is 32.2 Å². The summed E-state index contributed by atoms with van der Waals surface area (Å²) in [6.45, 7) is 2.34. The topological polar surface area (TPSA) is 66.8 Å². The second kappa shape index (κ2) is 8.90. The summed E-state index contributed by atoms with van der Waals surface area (Å²) in [7, 11) is 1.45. The van der Waals surface area contributed by atoms with E-state index in [0.717, 1.165) is 12.8 Å². The number of halogens is 1. The monoisotopic (exact) mass is 397 g/mol. The van der Waals surface area contributed by atoms with Gasteiger partial charge in [0.25, 0.3) is 11.7 Å². The van der Waals surface area contributed by atoms with Crippen molar-refractivity contribution in [3.05, 3.63) is 71.0 Å². The number of carbonyl (C=O) groups is 2. The number of aliphatic hydroxyl groups excluding tert-OH is 1. The molecule has 2 aromatic rings. The number of carbonyl (C=O) groups excluding carboxylic acids is 2. The van der Waals surface area contributed by atoms with Crippen molar-refractivity contribution in [1.29, 1.82) is 0 Å². The van der Waals surface area contributed by atoms with E-state index in [0.29, 0.717) is 18.7 Å². The first-order valence-electron chi connectivity index (χ1n) is 9.67. The quantitative estimate of drug-likeness (QED) is 0.325. The van der Waals surface area contributed by atoms with E-state index in [4.69, 9.17) is 4.74 Å². The summed E-state index contributed by atoms with van der Waals surface area (Å²) in [6.07, 6.45) is 2.50. The number of Topliss-reactive ketones (excluding diaryl/α,β-unsaturated/α-hetero) is 1. The zero-order chi connectivity index (χ0) is 21.0. The van der Waals surface area contributed by atoms with Crippen LogP contribution in [0, 0.1) is 5.82 Å². The molecule has 3 rings (SSSR count). The third-order valence-corrected chi connectivity index (χ3v) is 5.10. The van der Waals surface area contributed by atoms with E-state index >= 15 is 0 Å². The molecule has 152 valence electrons. The number of ether oxygens (including phenoxy) is 1. The molecule has 1 aliphatic rings. The van der Waals surface area contributed by atoms with E-state index in [1.165, 1.54) is 24.1 Å². The standard InChI is InChI=1S/C23H24FNO4/c1-3-4-9-14-25-20(15-10-5-7-12-17(15)24)19(22(27)23(25)28)21(26)16-11-6-8-13-18(16)29-2/h5-8,10-13,20,26H,3-4,9,14H2,1-2H3/b21-19-. The molecule has 0 aromatic heterocycles. The Morgan fingerprint density at radius 2 is 1.79 bits per heavy atom. The number of amides is 1. The highest BCUT2D eigenvalue weighted by Crippen LogP contribution is 2.41. The van der Waals surface area contributed by atoms with Crippen LogP contribution in [-0.4, -0.2) is 35.4 Å². The van der Waals surface area contributed by atoms with Gasteiger partial charge >= 0.3 is 0 Å². The smallest absolute Gasteiger partial charge is 0.295 e. The number of nitrogens with zero attached hydrogens (tertiary/aromatic N) is 1. The average molecular weight is 397 g/mol. The second-order valence-electron chi connectivity index (χ2n) is 6.92. The van der Waals surface area contributed by atoms with Gasteiger partial charge in [0.05, 0.1) is 24.3 Å². The number of likely N-dealkylation sites (tertiary alicyclic amines) is 1. The molecule has 1 amide bonds. The van der Waals surface area contributed by atoms with E-state index in [2.05, 4.69) is 0 Å². The average Bonchev–Trinajstić information content (AvgIpc) is 2.98. The molecule has 1 N–H and O–H groups in total.